The summed E-state index contributed by atoms with van der Waals surface area (Å²) in [5, 5.41) is 21.9. The van der Waals surface area contributed by atoms with Crippen molar-refractivity contribution < 1.29 is 9.72 Å². The lowest BCUT2D eigenvalue weighted by Crippen LogP contribution is -2.23. The number of nitrogens with one attached hydrogen (secondary N) is 3. The van der Waals surface area contributed by atoms with Crippen molar-refractivity contribution in [3.8, 4) is 11.5 Å². The standard InChI is InChI=1S/C22H16N6O3/c29-22(23-12-13-8-10-14(11-9-13)28(30)31)16-5-3-7-18-19(16)25-21(24-18)20-15-4-1-2-6-17(15)26-27-20/h1-11H,12H2,(H,23,29)(H,24,25)(H,26,27). The van der Waals surface area contributed by atoms with E-state index < -0.39 is 4.92 Å². The number of fused-ring (bicyclic) bond motifs is 2. The van der Waals surface area contributed by atoms with Crippen LogP contribution in [0, 0.1) is 10.1 Å². The summed E-state index contributed by atoms with van der Waals surface area (Å²) in [7, 11) is 0. The molecule has 31 heavy (non-hydrogen) atoms. The highest BCUT2D eigenvalue weighted by Crippen LogP contribution is 2.27. The van der Waals surface area contributed by atoms with E-state index in [1.54, 1.807) is 24.3 Å². The Bertz CT molecular complexity index is 1430. The lowest BCUT2D eigenvalue weighted by atomic mass is 10.1. The largest absolute Gasteiger partial charge is 0.348 e. The Labute approximate surface area is 175 Å². The first-order chi connectivity index (χ1) is 15.1. The van der Waals surface area contributed by atoms with Crippen molar-refractivity contribution >= 4 is 33.5 Å². The third kappa shape index (κ3) is 3.38. The fourth-order valence-corrected chi connectivity index (χ4v) is 3.49. The van der Waals surface area contributed by atoms with Crippen molar-refractivity contribution in [2.24, 2.45) is 0 Å². The number of aromatic nitrogens is 4. The molecule has 9 heteroatoms. The molecule has 3 aromatic carbocycles. The minimum absolute atomic E-state index is 0.00993. The van der Waals surface area contributed by atoms with Crippen LogP contribution < -0.4 is 5.32 Å². The van der Waals surface area contributed by atoms with Gasteiger partial charge in [0.15, 0.2) is 5.82 Å². The smallest absolute Gasteiger partial charge is 0.269 e. The second-order valence-electron chi connectivity index (χ2n) is 7.01. The molecule has 0 unspecified atom stereocenters. The summed E-state index contributed by atoms with van der Waals surface area (Å²) in [4.78, 5) is 31.0. The van der Waals surface area contributed by atoms with Crippen LogP contribution in [-0.2, 0) is 6.54 Å². The van der Waals surface area contributed by atoms with Gasteiger partial charge in [0.2, 0.25) is 0 Å². The second kappa shape index (κ2) is 7.38. The summed E-state index contributed by atoms with van der Waals surface area (Å²) < 4.78 is 0. The molecule has 0 fully saturated rings. The fraction of sp³-hybridized carbons (Fsp3) is 0.0455. The number of non-ortho nitro benzene ring substituents is 1. The number of imidazole rings is 1. The van der Waals surface area contributed by atoms with Gasteiger partial charge in [-0.25, -0.2) is 4.98 Å². The van der Waals surface area contributed by atoms with E-state index in [2.05, 4.69) is 25.5 Å². The molecule has 0 spiro atoms. The maximum absolute atomic E-state index is 12.8. The molecule has 0 atom stereocenters. The van der Waals surface area contributed by atoms with Crippen molar-refractivity contribution in [1.82, 2.24) is 25.5 Å². The third-order valence-electron chi connectivity index (χ3n) is 5.06. The minimum atomic E-state index is -0.457. The van der Waals surface area contributed by atoms with E-state index in [0.717, 1.165) is 16.5 Å². The van der Waals surface area contributed by atoms with E-state index in [-0.39, 0.29) is 18.1 Å². The number of amides is 1. The predicted molar refractivity (Wildman–Crippen MR) is 115 cm³/mol. The van der Waals surface area contributed by atoms with Gasteiger partial charge in [-0.2, -0.15) is 5.10 Å². The molecule has 9 nitrogen and oxygen atoms in total. The van der Waals surface area contributed by atoms with Crippen molar-refractivity contribution in [1.29, 1.82) is 0 Å². The SMILES string of the molecule is O=C(NCc1ccc([N+](=O)[O-])cc1)c1cccc2nc(-c3n[nH]c4ccccc34)[nH]c12. The van der Waals surface area contributed by atoms with Gasteiger partial charge in [0.25, 0.3) is 11.6 Å². The Morgan fingerprint density at radius 1 is 1.03 bits per heavy atom. The highest BCUT2D eigenvalue weighted by atomic mass is 16.6. The van der Waals surface area contributed by atoms with Gasteiger partial charge in [0, 0.05) is 24.1 Å². The number of para-hydroxylation sites is 2. The molecule has 0 aliphatic carbocycles. The molecule has 2 heterocycles. The second-order valence-corrected chi connectivity index (χ2v) is 7.01. The molecule has 0 aliphatic rings. The lowest BCUT2D eigenvalue weighted by molar-refractivity contribution is -0.384. The number of hydrogen-bond donors (Lipinski definition) is 3. The number of benzene rings is 3. The van der Waals surface area contributed by atoms with Crippen molar-refractivity contribution in [2.75, 3.05) is 0 Å². The number of H-pyrrole nitrogens is 2. The fourth-order valence-electron chi connectivity index (χ4n) is 3.49. The van der Waals surface area contributed by atoms with Crippen LogP contribution in [0.1, 0.15) is 15.9 Å². The Morgan fingerprint density at radius 3 is 2.65 bits per heavy atom. The van der Waals surface area contributed by atoms with E-state index in [0.29, 0.717) is 28.1 Å². The molecule has 0 radical (unpaired) electrons. The number of nitro benzene ring substituents is 1. The van der Waals surface area contributed by atoms with Crippen LogP contribution >= 0.6 is 0 Å². The lowest BCUT2D eigenvalue weighted by Gasteiger charge is -2.06. The van der Waals surface area contributed by atoms with Crippen molar-refractivity contribution in [2.45, 2.75) is 6.54 Å². The Morgan fingerprint density at radius 2 is 1.84 bits per heavy atom. The zero-order valence-electron chi connectivity index (χ0n) is 16.1. The van der Waals surface area contributed by atoms with Crippen LogP contribution in [0.15, 0.2) is 66.7 Å². The van der Waals surface area contributed by atoms with Crippen LogP contribution in [0.2, 0.25) is 0 Å². The van der Waals surface area contributed by atoms with Crippen LogP contribution in [0.4, 0.5) is 5.69 Å². The maximum atomic E-state index is 12.8. The first kappa shape index (κ1) is 18.5. The topological polar surface area (TPSA) is 130 Å². The zero-order chi connectivity index (χ0) is 21.4. The summed E-state index contributed by atoms with van der Waals surface area (Å²) in [5.41, 5.74) is 4.09. The molecule has 152 valence electrons. The molecule has 3 N–H and O–H groups in total. The van der Waals surface area contributed by atoms with Crippen molar-refractivity contribution in [3.63, 3.8) is 0 Å². The predicted octanol–water partition coefficient (Wildman–Crippen LogP) is 3.94. The minimum Gasteiger partial charge on any atom is -0.348 e. The van der Waals surface area contributed by atoms with Gasteiger partial charge in [-0.15, -0.1) is 0 Å². The van der Waals surface area contributed by atoms with Gasteiger partial charge in [-0.1, -0.05) is 36.4 Å². The number of rotatable bonds is 5. The van der Waals surface area contributed by atoms with Gasteiger partial charge >= 0.3 is 0 Å². The first-order valence-corrected chi connectivity index (χ1v) is 9.54. The van der Waals surface area contributed by atoms with E-state index in [9.17, 15) is 14.9 Å². The van der Waals surface area contributed by atoms with Crippen LogP contribution in [0.25, 0.3) is 33.5 Å². The van der Waals surface area contributed by atoms with Crippen molar-refractivity contribution in [3.05, 3.63) is 88.0 Å². The summed E-state index contributed by atoms with van der Waals surface area (Å²) in [6.07, 6.45) is 0. The van der Waals surface area contributed by atoms with Gasteiger partial charge in [-0.05, 0) is 23.8 Å². The highest BCUT2D eigenvalue weighted by Gasteiger charge is 2.17. The van der Waals surface area contributed by atoms with Crippen LogP contribution in [-0.4, -0.2) is 31.0 Å². The van der Waals surface area contributed by atoms with Crippen LogP contribution in [0.5, 0.6) is 0 Å². The third-order valence-corrected chi connectivity index (χ3v) is 5.06. The summed E-state index contributed by atoms with van der Waals surface area (Å²) in [5.74, 6) is 0.300. The number of carbonyl (C=O) groups excluding carboxylic acids is 1. The number of nitrogens with zero attached hydrogens (tertiary/aromatic N) is 3. The normalized spacial score (nSPS) is 11.1. The van der Waals surface area contributed by atoms with E-state index in [4.69, 9.17) is 0 Å². The summed E-state index contributed by atoms with van der Waals surface area (Å²) in [6.45, 7) is 0.248. The molecule has 5 rings (SSSR count). The number of carbonyl (C=O) groups is 1. The number of nitro groups is 1. The number of hydrogen-bond acceptors (Lipinski definition) is 5. The molecule has 0 saturated carbocycles. The average Bonchev–Trinajstić information content (AvgIpc) is 3.41. The summed E-state index contributed by atoms with van der Waals surface area (Å²) in [6, 6.07) is 19.1. The van der Waals surface area contributed by atoms with E-state index >= 15 is 0 Å². The average molecular weight is 412 g/mol. The highest BCUT2D eigenvalue weighted by molar-refractivity contribution is 6.05. The summed E-state index contributed by atoms with van der Waals surface area (Å²) >= 11 is 0. The van der Waals surface area contributed by atoms with E-state index in [1.165, 1.54) is 12.1 Å². The molecular weight excluding hydrogens is 396 g/mol. The monoisotopic (exact) mass is 412 g/mol. The molecule has 0 bridgehead atoms. The Hall–Kier alpha value is -4.53. The quantitative estimate of drug-likeness (QED) is 0.297. The maximum Gasteiger partial charge on any atom is 0.269 e. The van der Waals surface area contributed by atoms with Gasteiger partial charge in [0.1, 0.15) is 5.69 Å². The Balaban J connectivity index is 1.42. The molecule has 0 saturated heterocycles. The molecule has 0 aliphatic heterocycles. The van der Waals surface area contributed by atoms with Gasteiger partial charge < -0.3 is 10.3 Å². The molecule has 1 amide bonds. The van der Waals surface area contributed by atoms with Gasteiger partial charge in [0.05, 0.1) is 27.0 Å². The molecule has 2 aromatic heterocycles. The van der Waals surface area contributed by atoms with Gasteiger partial charge in [-0.3, -0.25) is 20.0 Å². The number of aromatic amines is 2. The molecule has 5 aromatic rings. The van der Waals surface area contributed by atoms with E-state index in [1.807, 2.05) is 30.3 Å². The zero-order valence-corrected chi connectivity index (χ0v) is 16.1. The molecular formula is C22H16N6O3. The van der Waals surface area contributed by atoms with Crippen LogP contribution in [0.3, 0.4) is 0 Å². The Kier molecular flexibility index (Phi) is 4.40. The first-order valence-electron chi connectivity index (χ1n) is 9.54.